The van der Waals surface area contributed by atoms with Crippen molar-refractivity contribution in [1.82, 2.24) is 10.3 Å². The predicted molar refractivity (Wildman–Crippen MR) is 90.4 cm³/mol. The predicted octanol–water partition coefficient (Wildman–Crippen LogP) is 4.03. The minimum absolute atomic E-state index is 0.419. The number of rotatable bonds is 4. The Kier molecular flexibility index (Phi) is 4.48. The van der Waals surface area contributed by atoms with Crippen molar-refractivity contribution in [2.75, 3.05) is 19.0 Å². The fraction of sp³-hybridized carbons (Fsp3) is 0.438. The fourth-order valence-corrected chi connectivity index (χ4v) is 4.03. The first-order valence-electron chi connectivity index (χ1n) is 7.30. The fourth-order valence-electron chi connectivity index (χ4n) is 2.78. The van der Waals surface area contributed by atoms with Crippen molar-refractivity contribution in [1.29, 1.82) is 0 Å². The van der Waals surface area contributed by atoms with Gasteiger partial charge in [-0.3, -0.25) is 0 Å². The molecule has 5 heteroatoms. The number of nitrogens with one attached hydrogen (secondary N) is 1. The van der Waals surface area contributed by atoms with E-state index in [0.29, 0.717) is 6.04 Å². The first-order valence-corrected chi connectivity index (χ1v) is 8.49. The lowest BCUT2D eigenvalue weighted by Gasteiger charge is -2.20. The van der Waals surface area contributed by atoms with Gasteiger partial charge < -0.3 is 10.2 Å². The minimum atomic E-state index is 0.419. The summed E-state index contributed by atoms with van der Waals surface area (Å²) in [5.41, 5.74) is 2.51. The summed E-state index contributed by atoms with van der Waals surface area (Å²) in [6, 6.07) is 8.44. The van der Waals surface area contributed by atoms with E-state index in [1.165, 1.54) is 35.4 Å². The second-order valence-electron chi connectivity index (χ2n) is 5.52. The number of aryl methyl sites for hydroxylation is 1. The molecule has 1 aromatic carbocycles. The number of aromatic nitrogens is 1. The van der Waals surface area contributed by atoms with Gasteiger partial charge in [0.1, 0.15) is 0 Å². The lowest BCUT2D eigenvalue weighted by atomic mass is 9.98. The Morgan fingerprint density at radius 2 is 2.14 bits per heavy atom. The largest absolute Gasteiger partial charge is 0.347 e. The van der Waals surface area contributed by atoms with Crippen LogP contribution in [-0.4, -0.2) is 19.1 Å². The van der Waals surface area contributed by atoms with Gasteiger partial charge >= 0.3 is 0 Å². The van der Waals surface area contributed by atoms with Crippen LogP contribution in [0.15, 0.2) is 24.3 Å². The Morgan fingerprint density at radius 3 is 2.86 bits per heavy atom. The molecule has 1 N–H and O–H groups in total. The molecule has 1 heterocycles. The maximum atomic E-state index is 5.94. The van der Waals surface area contributed by atoms with Gasteiger partial charge in [-0.1, -0.05) is 23.7 Å². The van der Waals surface area contributed by atoms with Gasteiger partial charge in [0, 0.05) is 23.5 Å². The highest BCUT2D eigenvalue weighted by Crippen LogP contribution is 2.36. The molecule has 1 aliphatic carbocycles. The molecule has 0 aliphatic heterocycles. The smallest absolute Gasteiger partial charge is 0.185 e. The molecular weight excluding hydrogens is 302 g/mol. The highest BCUT2D eigenvalue weighted by atomic mass is 35.5. The highest BCUT2D eigenvalue weighted by molar-refractivity contribution is 7.15. The zero-order valence-electron chi connectivity index (χ0n) is 12.4. The van der Waals surface area contributed by atoms with E-state index in [0.717, 1.165) is 16.7 Å². The molecular formula is C16H20ClN3S. The van der Waals surface area contributed by atoms with Gasteiger partial charge in [-0.15, -0.1) is 11.3 Å². The number of nitrogens with zero attached hydrogens (tertiary/aromatic N) is 2. The zero-order chi connectivity index (χ0) is 14.8. The molecule has 3 rings (SSSR count). The molecule has 0 spiro atoms. The van der Waals surface area contributed by atoms with E-state index in [2.05, 4.69) is 29.4 Å². The standard InChI is InChI=1S/C16H20ClN3S/c1-18-13-4-3-5-14-15(13)19-16(21-14)20(2)10-11-6-8-12(17)9-7-11/h6-9,13,18H,3-5,10H2,1-2H3. The summed E-state index contributed by atoms with van der Waals surface area (Å²) in [7, 11) is 4.13. The molecule has 0 saturated heterocycles. The van der Waals surface area contributed by atoms with Crippen LogP contribution in [0, 0.1) is 0 Å². The molecule has 0 bridgehead atoms. The topological polar surface area (TPSA) is 28.2 Å². The van der Waals surface area contributed by atoms with Gasteiger partial charge in [-0.05, 0) is 44.0 Å². The van der Waals surface area contributed by atoms with E-state index in [9.17, 15) is 0 Å². The van der Waals surface area contributed by atoms with E-state index in [1.54, 1.807) is 0 Å². The van der Waals surface area contributed by atoms with Crippen molar-refractivity contribution in [2.24, 2.45) is 0 Å². The SMILES string of the molecule is CNC1CCCc2sc(N(C)Cc3ccc(Cl)cc3)nc21. The summed E-state index contributed by atoms with van der Waals surface area (Å²) in [6.45, 7) is 0.855. The van der Waals surface area contributed by atoms with Gasteiger partial charge in [0.25, 0.3) is 0 Å². The van der Waals surface area contributed by atoms with Crippen LogP contribution in [-0.2, 0) is 13.0 Å². The van der Waals surface area contributed by atoms with Crippen molar-refractivity contribution in [2.45, 2.75) is 31.8 Å². The first kappa shape index (κ1) is 14.8. The summed E-state index contributed by atoms with van der Waals surface area (Å²) in [5.74, 6) is 0. The Bertz CT molecular complexity index is 608. The molecule has 1 atom stereocenters. The molecule has 3 nitrogen and oxygen atoms in total. The van der Waals surface area contributed by atoms with Crippen LogP contribution < -0.4 is 10.2 Å². The second kappa shape index (κ2) is 6.34. The highest BCUT2D eigenvalue weighted by Gasteiger charge is 2.24. The number of fused-ring (bicyclic) bond motifs is 1. The summed E-state index contributed by atoms with van der Waals surface area (Å²) >= 11 is 7.77. The van der Waals surface area contributed by atoms with Crippen molar-refractivity contribution in [3.63, 3.8) is 0 Å². The van der Waals surface area contributed by atoms with Crippen LogP contribution in [0.1, 0.15) is 35.0 Å². The normalized spacial score (nSPS) is 17.6. The maximum absolute atomic E-state index is 5.94. The van der Waals surface area contributed by atoms with Crippen molar-refractivity contribution in [3.05, 3.63) is 45.4 Å². The lowest BCUT2D eigenvalue weighted by Crippen LogP contribution is -2.21. The quantitative estimate of drug-likeness (QED) is 0.921. The zero-order valence-corrected chi connectivity index (χ0v) is 14.0. The van der Waals surface area contributed by atoms with E-state index in [1.807, 2.05) is 30.5 Å². The van der Waals surface area contributed by atoms with Crippen LogP contribution in [0.2, 0.25) is 5.02 Å². The molecule has 21 heavy (non-hydrogen) atoms. The third-order valence-corrected chi connectivity index (χ3v) is 5.45. The van der Waals surface area contributed by atoms with Crippen LogP contribution in [0.3, 0.4) is 0 Å². The Morgan fingerprint density at radius 1 is 1.38 bits per heavy atom. The molecule has 0 amide bonds. The van der Waals surface area contributed by atoms with Crippen LogP contribution in [0.4, 0.5) is 5.13 Å². The molecule has 0 fully saturated rings. The number of halogens is 1. The number of thiazole rings is 1. The van der Waals surface area contributed by atoms with Crippen molar-refractivity contribution >= 4 is 28.1 Å². The third kappa shape index (κ3) is 3.23. The van der Waals surface area contributed by atoms with E-state index in [4.69, 9.17) is 16.6 Å². The summed E-state index contributed by atoms with van der Waals surface area (Å²) in [5, 5.41) is 5.27. The van der Waals surface area contributed by atoms with Gasteiger partial charge in [0.2, 0.25) is 0 Å². The monoisotopic (exact) mass is 321 g/mol. The lowest BCUT2D eigenvalue weighted by molar-refractivity contribution is 0.490. The Labute approximate surface area is 135 Å². The van der Waals surface area contributed by atoms with Crippen LogP contribution >= 0.6 is 22.9 Å². The van der Waals surface area contributed by atoms with E-state index in [-0.39, 0.29) is 0 Å². The molecule has 1 aromatic heterocycles. The Hall–Kier alpha value is -1.10. The van der Waals surface area contributed by atoms with E-state index < -0.39 is 0 Å². The van der Waals surface area contributed by atoms with E-state index >= 15 is 0 Å². The second-order valence-corrected chi connectivity index (χ2v) is 7.02. The molecule has 112 valence electrons. The average Bonchev–Trinajstić information content (AvgIpc) is 2.93. The van der Waals surface area contributed by atoms with Gasteiger partial charge in [-0.2, -0.15) is 0 Å². The average molecular weight is 322 g/mol. The summed E-state index contributed by atoms with van der Waals surface area (Å²) < 4.78 is 0. The van der Waals surface area contributed by atoms with Crippen LogP contribution in [0.25, 0.3) is 0 Å². The van der Waals surface area contributed by atoms with Crippen molar-refractivity contribution in [3.8, 4) is 0 Å². The number of anilines is 1. The van der Waals surface area contributed by atoms with Gasteiger partial charge in [-0.25, -0.2) is 4.98 Å². The molecule has 1 unspecified atom stereocenters. The molecule has 1 aliphatic rings. The first-order chi connectivity index (χ1) is 10.2. The number of hydrogen-bond acceptors (Lipinski definition) is 4. The van der Waals surface area contributed by atoms with Gasteiger partial charge in [0.05, 0.1) is 11.7 Å². The van der Waals surface area contributed by atoms with Crippen LogP contribution in [0.5, 0.6) is 0 Å². The minimum Gasteiger partial charge on any atom is -0.347 e. The third-order valence-electron chi connectivity index (χ3n) is 3.95. The van der Waals surface area contributed by atoms with Crippen molar-refractivity contribution < 1.29 is 0 Å². The number of benzene rings is 1. The molecule has 0 saturated carbocycles. The maximum Gasteiger partial charge on any atom is 0.185 e. The Balaban J connectivity index is 1.77. The summed E-state index contributed by atoms with van der Waals surface area (Å²) in [6.07, 6.45) is 3.61. The molecule has 0 radical (unpaired) electrons. The summed E-state index contributed by atoms with van der Waals surface area (Å²) in [4.78, 5) is 8.54. The van der Waals surface area contributed by atoms with Gasteiger partial charge in [0.15, 0.2) is 5.13 Å². The molecule has 2 aromatic rings. The number of hydrogen-bond donors (Lipinski definition) is 1.